The molecule has 0 radical (unpaired) electrons. The molecule has 2 rings (SSSR count). The molecule has 0 aromatic heterocycles. The lowest BCUT2D eigenvalue weighted by Crippen LogP contribution is -2.43. The van der Waals surface area contributed by atoms with Gasteiger partial charge in [-0.15, -0.1) is 0 Å². The van der Waals surface area contributed by atoms with Crippen molar-refractivity contribution in [2.24, 2.45) is 5.92 Å². The summed E-state index contributed by atoms with van der Waals surface area (Å²) in [4.78, 5) is 15.9. The standard InChI is InChI=1S/C11H20N2O2/c1-12(2)11(14)9-4-3-5-13(6-9)7-10-8-15-10/h9-10H,3-8H2,1-2H3/t9-,10-/m0/s1. The van der Waals surface area contributed by atoms with Crippen LogP contribution >= 0.6 is 0 Å². The molecule has 2 aliphatic rings. The van der Waals surface area contributed by atoms with Gasteiger partial charge in [0.1, 0.15) is 0 Å². The molecule has 0 N–H and O–H groups in total. The van der Waals surface area contributed by atoms with Crippen LogP contribution in [-0.4, -0.2) is 62.1 Å². The fourth-order valence-electron chi connectivity index (χ4n) is 2.25. The van der Waals surface area contributed by atoms with Crippen molar-refractivity contribution in [2.45, 2.75) is 18.9 Å². The molecular weight excluding hydrogens is 192 g/mol. The number of likely N-dealkylation sites (tertiary alicyclic amines) is 1. The van der Waals surface area contributed by atoms with Crippen LogP contribution < -0.4 is 0 Å². The van der Waals surface area contributed by atoms with E-state index in [0.717, 1.165) is 39.1 Å². The van der Waals surface area contributed by atoms with E-state index in [4.69, 9.17) is 4.74 Å². The van der Waals surface area contributed by atoms with E-state index in [2.05, 4.69) is 4.90 Å². The van der Waals surface area contributed by atoms with E-state index in [1.54, 1.807) is 4.90 Å². The summed E-state index contributed by atoms with van der Waals surface area (Å²) in [7, 11) is 3.68. The zero-order chi connectivity index (χ0) is 10.8. The normalized spacial score (nSPS) is 31.3. The number of carbonyl (C=O) groups excluding carboxylic acids is 1. The molecule has 0 bridgehead atoms. The van der Waals surface area contributed by atoms with Gasteiger partial charge in [0, 0.05) is 27.2 Å². The predicted molar refractivity (Wildman–Crippen MR) is 57.6 cm³/mol. The smallest absolute Gasteiger partial charge is 0.226 e. The number of nitrogens with zero attached hydrogens (tertiary/aromatic N) is 2. The zero-order valence-electron chi connectivity index (χ0n) is 9.61. The Labute approximate surface area is 91.2 Å². The lowest BCUT2D eigenvalue weighted by molar-refractivity contribution is -0.134. The number of ether oxygens (including phenoxy) is 1. The number of carbonyl (C=O) groups is 1. The van der Waals surface area contributed by atoms with Gasteiger partial charge in [-0.25, -0.2) is 0 Å². The van der Waals surface area contributed by atoms with Crippen molar-refractivity contribution in [1.29, 1.82) is 0 Å². The van der Waals surface area contributed by atoms with Crippen LogP contribution in [0.1, 0.15) is 12.8 Å². The minimum Gasteiger partial charge on any atom is -0.372 e. The first kappa shape index (κ1) is 10.9. The van der Waals surface area contributed by atoms with Gasteiger partial charge in [-0.1, -0.05) is 0 Å². The number of hydrogen-bond donors (Lipinski definition) is 0. The van der Waals surface area contributed by atoms with Crippen LogP contribution in [0.4, 0.5) is 0 Å². The summed E-state index contributed by atoms with van der Waals surface area (Å²) in [5.41, 5.74) is 0. The molecule has 4 nitrogen and oxygen atoms in total. The summed E-state index contributed by atoms with van der Waals surface area (Å²) in [5.74, 6) is 0.476. The van der Waals surface area contributed by atoms with Crippen molar-refractivity contribution in [2.75, 3.05) is 40.3 Å². The molecule has 4 heteroatoms. The van der Waals surface area contributed by atoms with Crippen LogP contribution in [-0.2, 0) is 9.53 Å². The van der Waals surface area contributed by atoms with E-state index >= 15 is 0 Å². The molecule has 0 spiro atoms. The Morgan fingerprint density at radius 1 is 1.53 bits per heavy atom. The number of rotatable bonds is 3. The highest BCUT2D eigenvalue weighted by molar-refractivity contribution is 5.78. The minimum absolute atomic E-state index is 0.201. The van der Waals surface area contributed by atoms with Crippen LogP contribution in [0.25, 0.3) is 0 Å². The molecule has 0 aromatic carbocycles. The largest absolute Gasteiger partial charge is 0.372 e. The molecule has 86 valence electrons. The van der Waals surface area contributed by atoms with Crippen molar-refractivity contribution in [3.05, 3.63) is 0 Å². The number of epoxide rings is 1. The van der Waals surface area contributed by atoms with E-state index in [1.807, 2.05) is 14.1 Å². The van der Waals surface area contributed by atoms with Gasteiger partial charge in [0.2, 0.25) is 5.91 Å². The van der Waals surface area contributed by atoms with Crippen molar-refractivity contribution in [1.82, 2.24) is 9.80 Å². The van der Waals surface area contributed by atoms with Crippen molar-refractivity contribution < 1.29 is 9.53 Å². The van der Waals surface area contributed by atoms with Crippen molar-refractivity contribution in [3.63, 3.8) is 0 Å². The van der Waals surface area contributed by atoms with E-state index in [1.165, 1.54) is 0 Å². The predicted octanol–water partition coefficient (Wildman–Crippen LogP) is 0.185. The molecule has 2 atom stereocenters. The van der Waals surface area contributed by atoms with Crippen LogP contribution in [0.3, 0.4) is 0 Å². The third-order valence-electron chi connectivity index (χ3n) is 3.16. The van der Waals surface area contributed by atoms with Crippen LogP contribution in [0.15, 0.2) is 0 Å². The third-order valence-corrected chi connectivity index (χ3v) is 3.16. The lowest BCUT2D eigenvalue weighted by atomic mass is 9.96. The fraction of sp³-hybridized carbons (Fsp3) is 0.909. The Morgan fingerprint density at radius 2 is 2.27 bits per heavy atom. The molecule has 0 aromatic rings. The first-order valence-electron chi connectivity index (χ1n) is 5.72. The van der Waals surface area contributed by atoms with Gasteiger partial charge < -0.3 is 9.64 Å². The molecule has 2 heterocycles. The highest BCUT2D eigenvalue weighted by atomic mass is 16.6. The molecule has 2 saturated heterocycles. The molecule has 0 unspecified atom stereocenters. The average molecular weight is 212 g/mol. The topological polar surface area (TPSA) is 36.1 Å². The van der Waals surface area contributed by atoms with E-state index in [-0.39, 0.29) is 11.8 Å². The number of hydrogen-bond acceptors (Lipinski definition) is 3. The summed E-state index contributed by atoms with van der Waals surface area (Å²) < 4.78 is 5.22. The molecule has 0 saturated carbocycles. The molecule has 2 fully saturated rings. The van der Waals surface area contributed by atoms with E-state index in [0.29, 0.717) is 6.10 Å². The summed E-state index contributed by atoms with van der Waals surface area (Å²) >= 11 is 0. The average Bonchev–Trinajstić information content (AvgIpc) is 3.01. The van der Waals surface area contributed by atoms with Gasteiger partial charge >= 0.3 is 0 Å². The maximum atomic E-state index is 11.8. The molecule has 2 aliphatic heterocycles. The Balaban J connectivity index is 1.82. The fourth-order valence-corrected chi connectivity index (χ4v) is 2.25. The second-order valence-corrected chi connectivity index (χ2v) is 4.79. The molecule has 15 heavy (non-hydrogen) atoms. The van der Waals surface area contributed by atoms with Crippen LogP contribution in [0, 0.1) is 5.92 Å². The summed E-state index contributed by atoms with van der Waals surface area (Å²) in [6, 6.07) is 0. The van der Waals surface area contributed by atoms with Crippen LogP contribution in [0.2, 0.25) is 0 Å². The second kappa shape index (κ2) is 4.49. The number of piperidine rings is 1. The van der Waals surface area contributed by atoms with Gasteiger partial charge in [-0.05, 0) is 19.4 Å². The Kier molecular flexibility index (Phi) is 3.26. The summed E-state index contributed by atoms with van der Waals surface area (Å²) in [6.45, 7) is 3.95. The Hall–Kier alpha value is -0.610. The summed E-state index contributed by atoms with van der Waals surface area (Å²) in [6.07, 6.45) is 2.62. The highest BCUT2D eigenvalue weighted by Gasteiger charge is 2.31. The molecular formula is C11H20N2O2. The van der Waals surface area contributed by atoms with Crippen molar-refractivity contribution in [3.8, 4) is 0 Å². The zero-order valence-corrected chi connectivity index (χ0v) is 9.61. The SMILES string of the molecule is CN(C)C(=O)[C@H]1CCCN(C[C@H]2CO2)C1. The van der Waals surface area contributed by atoms with Gasteiger partial charge in [0.25, 0.3) is 0 Å². The van der Waals surface area contributed by atoms with E-state index in [9.17, 15) is 4.79 Å². The van der Waals surface area contributed by atoms with E-state index < -0.39 is 0 Å². The Bertz CT molecular complexity index is 239. The third kappa shape index (κ3) is 2.92. The second-order valence-electron chi connectivity index (χ2n) is 4.79. The Morgan fingerprint density at radius 3 is 2.87 bits per heavy atom. The lowest BCUT2D eigenvalue weighted by Gasteiger charge is -2.32. The van der Waals surface area contributed by atoms with Gasteiger partial charge in [-0.2, -0.15) is 0 Å². The maximum absolute atomic E-state index is 11.8. The minimum atomic E-state index is 0.201. The maximum Gasteiger partial charge on any atom is 0.226 e. The van der Waals surface area contributed by atoms with Crippen molar-refractivity contribution >= 4 is 5.91 Å². The van der Waals surface area contributed by atoms with Gasteiger partial charge in [0.15, 0.2) is 0 Å². The number of amides is 1. The monoisotopic (exact) mass is 212 g/mol. The van der Waals surface area contributed by atoms with Gasteiger partial charge in [-0.3, -0.25) is 9.69 Å². The first-order valence-corrected chi connectivity index (χ1v) is 5.72. The molecule has 1 amide bonds. The quantitative estimate of drug-likeness (QED) is 0.626. The van der Waals surface area contributed by atoms with Gasteiger partial charge in [0.05, 0.1) is 18.6 Å². The summed E-state index contributed by atoms with van der Waals surface area (Å²) in [5, 5.41) is 0. The van der Waals surface area contributed by atoms with Crippen LogP contribution in [0.5, 0.6) is 0 Å². The highest BCUT2D eigenvalue weighted by Crippen LogP contribution is 2.20. The first-order chi connectivity index (χ1) is 7.16. The molecule has 0 aliphatic carbocycles.